The number of ether oxygens (including phenoxy) is 1. The van der Waals surface area contributed by atoms with Crippen LogP contribution in [0.1, 0.15) is 0 Å². The van der Waals surface area contributed by atoms with Gasteiger partial charge in [-0.2, -0.15) is 0 Å². The summed E-state index contributed by atoms with van der Waals surface area (Å²) in [6.45, 7) is 0.569. The Kier molecular flexibility index (Phi) is 2.80. The first-order valence-corrected chi connectivity index (χ1v) is 3.30. The van der Waals surface area contributed by atoms with Crippen molar-refractivity contribution >= 4 is 0 Å². The largest absolute Gasteiger partial charge is 0.388 e. The van der Waals surface area contributed by atoms with E-state index in [1.807, 2.05) is 0 Å². The van der Waals surface area contributed by atoms with Crippen LogP contribution in [0.3, 0.4) is 0 Å². The van der Waals surface area contributed by atoms with E-state index < -0.39 is 24.4 Å². The van der Waals surface area contributed by atoms with Gasteiger partial charge < -0.3 is 25.2 Å². The van der Waals surface area contributed by atoms with Gasteiger partial charge in [0.1, 0.15) is 31.0 Å². The summed E-state index contributed by atoms with van der Waals surface area (Å²) in [6, 6.07) is 0. The molecule has 1 unspecified atom stereocenters. The van der Waals surface area contributed by atoms with E-state index in [4.69, 9.17) is 25.2 Å². The molecule has 5 nitrogen and oxygen atoms in total. The summed E-state index contributed by atoms with van der Waals surface area (Å²) < 4.78 is 4.76. The zero-order valence-corrected chi connectivity index (χ0v) is 5.79. The van der Waals surface area contributed by atoms with E-state index in [0.29, 0.717) is 6.61 Å². The van der Waals surface area contributed by atoms with Crippen LogP contribution in [-0.4, -0.2) is 51.4 Å². The van der Waals surface area contributed by atoms with E-state index in [0.717, 1.165) is 0 Å². The van der Waals surface area contributed by atoms with Crippen LogP contribution in [0, 0.1) is 6.61 Å². The first kappa shape index (κ1) is 8.89. The number of hydrogen-bond acceptors (Lipinski definition) is 5. The number of aliphatic hydroxyl groups excluding tert-OH is 4. The van der Waals surface area contributed by atoms with E-state index in [9.17, 15) is 0 Å². The van der Waals surface area contributed by atoms with Gasteiger partial charge in [-0.25, -0.2) is 0 Å². The Morgan fingerprint density at radius 2 is 1.82 bits per heavy atom. The van der Waals surface area contributed by atoms with Crippen LogP contribution in [0.15, 0.2) is 0 Å². The molecule has 0 bridgehead atoms. The van der Waals surface area contributed by atoms with Crippen molar-refractivity contribution in [2.75, 3.05) is 6.61 Å². The van der Waals surface area contributed by atoms with Gasteiger partial charge in [0.15, 0.2) is 0 Å². The van der Waals surface area contributed by atoms with Crippen LogP contribution in [-0.2, 0) is 4.74 Å². The van der Waals surface area contributed by atoms with Gasteiger partial charge in [0, 0.05) is 0 Å². The summed E-state index contributed by atoms with van der Waals surface area (Å²) in [5.41, 5.74) is 0. The van der Waals surface area contributed by atoms with Gasteiger partial charge >= 0.3 is 0 Å². The highest BCUT2D eigenvalue weighted by atomic mass is 16.5. The lowest BCUT2D eigenvalue weighted by molar-refractivity contribution is -0.185. The van der Waals surface area contributed by atoms with Crippen LogP contribution in [0.5, 0.6) is 0 Å². The standard InChI is InChI=1S/C6H11O5/c7-1-4-6(10)5(9)3(8)2-11-4/h1,3-10H,2H2/t3-,4?,5+,6+/m0/s1. The molecule has 0 aromatic heterocycles. The predicted molar refractivity (Wildman–Crippen MR) is 34.0 cm³/mol. The van der Waals surface area contributed by atoms with Crippen molar-refractivity contribution in [1.29, 1.82) is 0 Å². The molecule has 1 fully saturated rings. The van der Waals surface area contributed by atoms with Crippen molar-refractivity contribution in [3.05, 3.63) is 6.61 Å². The van der Waals surface area contributed by atoms with E-state index >= 15 is 0 Å². The maximum atomic E-state index is 9.08. The van der Waals surface area contributed by atoms with Gasteiger partial charge in [0.25, 0.3) is 0 Å². The first-order chi connectivity index (χ1) is 5.16. The lowest BCUT2D eigenvalue weighted by Gasteiger charge is -2.33. The molecular formula is C6H11O5. The molecular weight excluding hydrogens is 152 g/mol. The van der Waals surface area contributed by atoms with E-state index in [2.05, 4.69) is 0 Å². The van der Waals surface area contributed by atoms with Crippen LogP contribution in [0.2, 0.25) is 0 Å². The summed E-state index contributed by atoms with van der Waals surface area (Å²) in [5, 5.41) is 35.5. The fourth-order valence-electron chi connectivity index (χ4n) is 0.960. The van der Waals surface area contributed by atoms with Crippen molar-refractivity contribution < 1.29 is 25.2 Å². The molecule has 1 heterocycles. The van der Waals surface area contributed by atoms with Gasteiger partial charge in [0.05, 0.1) is 6.61 Å². The van der Waals surface area contributed by atoms with Crippen molar-refractivity contribution in [2.45, 2.75) is 24.4 Å². The van der Waals surface area contributed by atoms with Crippen molar-refractivity contribution in [2.24, 2.45) is 0 Å². The Bertz CT molecular complexity index is 126. The smallest absolute Gasteiger partial charge is 0.115 e. The highest BCUT2D eigenvalue weighted by Gasteiger charge is 2.37. The lowest BCUT2D eigenvalue weighted by Crippen LogP contribution is -2.52. The Morgan fingerprint density at radius 3 is 2.36 bits per heavy atom. The van der Waals surface area contributed by atoms with E-state index in [1.54, 1.807) is 0 Å². The zero-order chi connectivity index (χ0) is 8.43. The van der Waals surface area contributed by atoms with Crippen molar-refractivity contribution in [1.82, 2.24) is 0 Å². The lowest BCUT2D eigenvalue weighted by atomic mass is 10.0. The molecule has 1 aliphatic heterocycles. The molecule has 0 saturated carbocycles. The minimum Gasteiger partial charge on any atom is -0.388 e. The number of aliphatic hydroxyl groups is 4. The van der Waals surface area contributed by atoms with Gasteiger partial charge in [-0.05, 0) is 0 Å². The van der Waals surface area contributed by atoms with Gasteiger partial charge in [-0.15, -0.1) is 0 Å². The van der Waals surface area contributed by atoms with Gasteiger partial charge in [-0.3, -0.25) is 0 Å². The molecule has 0 aromatic rings. The first-order valence-electron chi connectivity index (χ1n) is 3.30. The zero-order valence-electron chi connectivity index (χ0n) is 5.79. The molecule has 1 saturated heterocycles. The second-order valence-electron chi connectivity index (χ2n) is 2.50. The molecule has 0 spiro atoms. The van der Waals surface area contributed by atoms with Crippen LogP contribution < -0.4 is 0 Å². The third-order valence-corrected chi connectivity index (χ3v) is 1.69. The second-order valence-corrected chi connectivity index (χ2v) is 2.50. The molecule has 1 rings (SSSR count). The van der Waals surface area contributed by atoms with Crippen LogP contribution in [0.4, 0.5) is 0 Å². The molecule has 1 aliphatic rings. The fourth-order valence-corrected chi connectivity index (χ4v) is 0.960. The van der Waals surface area contributed by atoms with Crippen LogP contribution >= 0.6 is 0 Å². The topological polar surface area (TPSA) is 90.2 Å². The Balaban J connectivity index is 2.52. The average molecular weight is 163 g/mol. The van der Waals surface area contributed by atoms with Crippen molar-refractivity contribution in [3.8, 4) is 0 Å². The minimum absolute atomic E-state index is 0.0834. The molecule has 4 atom stereocenters. The third-order valence-electron chi connectivity index (χ3n) is 1.69. The highest BCUT2D eigenvalue weighted by molar-refractivity contribution is 4.89. The molecule has 0 aliphatic carbocycles. The molecule has 5 heteroatoms. The summed E-state index contributed by atoms with van der Waals surface area (Å²) >= 11 is 0. The van der Waals surface area contributed by atoms with Crippen LogP contribution in [0.25, 0.3) is 0 Å². The molecule has 0 aromatic carbocycles. The molecule has 4 N–H and O–H groups in total. The Hall–Kier alpha value is -0.200. The summed E-state index contributed by atoms with van der Waals surface area (Å²) in [6.07, 6.45) is -4.50. The minimum atomic E-state index is -1.26. The second kappa shape index (κ2) is 3.46. The third kappa shape index (κ3) is 1.69. The van der Waals surface area contributed by atoms with Gasteiger partial charge in [0.2, 0.25) is 0 Å². The number of rotatable bonds is 1. The Labute approximate surface area is 63.8 Å². The normalized spacial score (nSPS) is 45.8. The van der Waals surface area contributed by atoms with Gasteiger partial charge in [-0.1, -0.05) is 0 Å². The maximum absolute atomic E-state index is 9.08. The predicted octanol–water partition coefficient (Wildman–Crippen LogP) is -2.00. The monoisotopic (exact) mass is 163 g/mol. The summed E-state index contributed by atoms with van der Waals surface area (Å²) in [7, 11) is 0. The van der Waals surface area contributed by atoms with E-state index in [-0.39, 0.29) is 6.61 Å². The van der Waals surface area contributed by atoms with Crippen molar-refractivity contribution in [3.63, 3.8) is 0 Å². The summed E-state index contributed by atoms with van der Waals surface area (Å²) in [4.78, 5) is 0. The quantitative estimate of drug-likeness (QED) is 0.359. The average Bonchev–Trinajstić information content (AvgIpc) is 2.01. The molecule has 0 amide bonds. The molecule has 65 valence electrons. The highest BCUT2D eigenvalue weighted by Crippen LogP contribution is 2.16. The fraction of sp³-hybridized carbons (Fsp3) is 0.833. The molecule has 1 radical (unpaired) electrons. The van der Waals surface area contributed by atoms with E-state index in [1.165, 1.54) is 0 Å². The summed E-state index contributed by atoms with van der Waals surface area (Å²) in [5.74, 6) is 0. The number of hydrogen-bond donors (Lipinski definition) is 4. The SMILES string of the molecule is O[CH]C1OC[C@H](O)[C@@H](O)[C@@H]1O. The maximum Gasteiger partial charge on any atom is 0.115 e. The molecule has 11 heavy (non-hydrogen) atoms. The Morgan fingerprint density at radius 1 is 1.18 bits per heavy atom.